The lowest BCUT2D eigenvalue weighted by molar-refractivity contribution is 0.420. The minimum atomic E-state index is 0.876. The molecule has 1 aliphatic carbocycles. The van der Waals surface area contributed by atoms with E-state index in [1.54, 1.807) is 0 Å². The molecule has 1 atom stereocenters. The molecule has 0 N–H and O–H groups in total. The van der Waals surface area contributed by atoms with Crippen LogP contribution in [0.15, 0.2) is 24.3 Å². The fraction of sp³-hybridized carbons (Fsp3) is 0.400. The zero-order valence-corrected chi connectivity index (χ0v) is 7.74. The number of hydrogen-bond acceptors (Lipinski definition) is 0. The first-order valence-corrected chi connectivity index (χ1v) is 4.79. The van der Waals surface area contributed by atoms with Gasteiger partial charge in [-0.3, -0.25) is 0 Å². The molecule has 2 rings (SSSR count). The molecule has 58 valence electrons. The van der Waals surface area contributed by atoms with Gasteiger partial charge in [0.05, 0.1) is 0 Å². The Hall–Kier alpha value is -0.350. The van der Waals surface area contributed by atoms with Gasteiger partial charge in [-0.05, 0) is 29.6 Å². The zero-order valence-electron chi connectivity index (χ0n) is 6.59. The average Bonchev–Trinajstić information content (AvgIpc) is 1.90. The summed E-state index contributed by atoms with van der Waals surface area (Å²) in [6, 6.07) is 8.87. The molecule has 1 aromatic rings. The van der Waals surface area contributed by atoms with Crippen molar-refractivity contribution in [3.8, 4) is 0 Å². The first kappa shape index (κ1) is 7.31. The molecule has 1 unspecified atom stereocenters. The summed E-state index contributed by atoms with van der Waals surface area (Å²) in [5.74, 6) is 0.876. The van der Waals surface area contributed by atoms with Crippen molar-refractivity contribution in [3.05, 3.63) is 29.8 Å². The third kappa shape index (κ3) is 1.46. The summed E-state index contributed by atoms with van der Waals surface area (Å²) in [6.07, 6.45) is 4.22. The fourth-order valence-electron chi connectivity index (χ4n) is 1.51. The van der Waals surface area contributed by atoms with Gasteiger partial charge in [0.25, 0.3) is 0 Å². The van der Waals surface area contributed by atoms with Crippen LogP contribution in [0.5, 0.6) is 0 Å². The second-order valence-corrected chi connectivity index (χ2v) is 3.96. The summed E-state index contributed by atoms with van der Waals surface area (Å²) in [5, 5.41) is 1.29. The van der Waals surface area contributed by atoms with Gasteiger partial charge in [-0.2, -0.15) is 0 Å². The van der Waals surface area contributed by atoms with Crippen LogP contribution >= 0.6 is 9.24 Å². The van der Waals surface area contributed by atoms with Gasteiger partial charge in [-0.15, -0.1) is 9.24 Å². The quantitative estimate of drug-likeness (QED) is 0.559. The van der Waals surface area contributed by atoms with E-state index in [4.69, 9.17) is 0 Å². The molecule has 0 bridgehead atoms. The summed E-state index contributed by atoms with van der Waals surface area (Å²) in [7, 11) is 2.72. The van der Waals surface area contributed by atoms with Crippen molar-refractivity contribution in [1.82, 2.24) is 0 Å². The van der Waals surface area contributed by atoms with Gasteiger partial charge in [-0.1, -0.05) is 30.7 Å². The van der Waals surface area contributed by atoms with Crippen molar-refractivity contribution in [2.75, 3.05) is 0 Å². The summed E-state index contributed by atoms with van der Waals surface area (Å²) in [4.78, 5) is 0. The Labute approximate surface area is 70.2 Å². The topological polar surface area (TPSA) is 0 Å². The minimum Gasteiger partial charge on any atom is -0.106 e. The highest BCUT2D eigenvalue weighted by Crippen LogP contribution is 2.35. The SMILES string of the molecule is Pc1ccc(C2CCC2)cc1. The fourth-order valence-corrected chi connectivity index (χ4v) is 1.70. The van der Waals surface area contributed by atoms with Crippen molar-refractivity contribution in [1.29, 1.82) is 0 Å². The van der Waals surface area contributed by atoms with Crippen molar-refractivity contribution < 1.29 is 0 Å². The molecule has 0 amide bonds. The van der Waals surface area contributed by atoms with E-state index in [-0.39, 0.29) is 0 Å². The number of rotatable bonds is 1. The van der Waals surface area contributed by atoms with E-state index in [1.807, 2.05) is 0 Å². The van der Waals surface area contributed by atoms with E-state index in [0.29, 0.717) is 0 Å². The first-order chi connectivity index (χ1) is 5.36. The van der Waals surface area contributed by atoms with Crippen LogP contribution in [-0.2, 0) is 0 Å². The molecular formula is C10H13P. The normalized spacial score (nSPS) is 17.9. The van der Waals surface area contributed by atoms with Gasteiger partial charge in [0.15, 0.2) is 0 Å². The van der Waals surface area contributed by atoms with E-state index in [0.717, 1.165) is 5.92 Å². The van der Waals surface area contributed by atoms with Gasteiger partial charge in [-0.25, -0.2) is 0 Å². The molecular weight excluding hydrogens is 151 g/mol. The van der Waals surface area contributed by atoms with Crippen LogP contribution in [0, 0.1) is 0 Å². The van der Waals surface area contributed by atoms with Gasteiger partial charge in [0.2, 0.25) is 0 Å². The van der Waals surface area contributed by atoms with Crippen LogP contribution in [0.25, 0.3) is 0 Å². The third-order valence-electron chi connectivity index (χ3n) is 2.51. The highest BCUT2D eigenvalue weighted by Gasteiger charge is 2.18. The molecule has 11 heavy (non-hydrogen) atoms. The van der Waals surface area contributed by atoms with Crippen molar-refractivity contribution in [2.24, 2.45) is 0 Å². The molecule has 1 saturated carbocycles. The Bertz CT molecular complexity index is 234. The Morgan fingerprint density at radius 2 is 1.73 bits per heavy atom. The van der Waals surface area contributed by atoms with Crippen LogP contribution in [0.1, 0.15) is 30.7 Å². The van der Waals surface area contributed by atoms with Gasteiger partial charge in [0, 0.05) is 0 Å². The highest BCUT2D eigenvalue weighted by atomic mass is 31.0. The van der Waals surface area contributed by atoms with Gasteiger partial charge >= 0.3 is 0 Å². The Morgan fingerprint density at radius 3 is 2.18 bits per heavy atom. The maximum absolute atomic E-state index is 2.72. The molecule has 1 aromatic carbocycles. The highest BCUT2D eigenvalue weighted by molar-refractivity contribution is 7.27. The summed E-state index contributed by atoms with van der Waals surface area (Å²) in [6.45, 7) is 0. The summed E-state index contributed by atoms with van der Waals surface area (Å²) >= 11 is 0. The van der Waals surface area contributed by atoms with E-state index >= 15 is 0 Å². The largest absolute Gasteiger partial charge is 0.106 e. The van der Waals surface area contributed by atoms with Crippen LogP contribution < -0.4 is 5.30 Å². The molecule has 1 fully saturated rings. The van der Waals surface area contributed by atoms with E-state index in [2.05, 4.69) is 33.5 Å². The van der Waals surface area contributed by atoms with Crippen molar-refractivity contribution >= 4 is 14.5 Å². The molecule has 0 spiro atoms. The second-order valence-electron chi connectivity index (χ2n) is 3.29. The Balaban J connectivity index is 2.18. The predicted molar refractivity (Wildman–Crippen MR) is 52.4 cm³/mol. The molecule has 1 heteroatoms. The lowest BCUT2D eigenvalue weighted by Crippen LogP contribution is -2.08. The molecule has 1 aliphatic rings. The van der Waals surface area contributed by atoms with Crippen LogP contribution in [-0.4, -0.2) is 0 Å². The zero-order chi connectivity index (χ0) is 7.68. The minimum absolute atomic E-state index is 0.876. The van der Waals surface area contributed by atoms with E-state index in [1.165, 1.54) is 30.1 Å². The summed E-state index contributed by atoms with van der Waals surface area (Å²) < 4.78 is 0. The Kier molecular flexibility index (Phi) is 1.96. The van der Waals surface area contributed by atoms with Crippen LogP contribution in [0.4, 0.5) is 0 Å². The Morgan fingerprint density at radius 1 is 1.09 bits per heavy atom. The first-order valence-electron chi connectivity index (χ1n) is 4.22. The molecule has 0 aromatic heterocycles. The van der Waals surface area contributed by atoms with Gasteiger partial charge in [0.1, 0.15) is 0 Å². The van der Waals surface area contributed by atoms with Crippen molar-refractivity contribution in [2.45, 2.75) is 25.2 Å². The van der Waals surface area contributed by atoms with Crippen LogP contribution in [0.3, 0.4) is 0 Å². The van der Waals surface area contributed by atoms with E-state index in [9.17, 15) is 0 Å². The second kappa shape index (κ2) is 2.95. The summed E-state index contributed by atoms with van der Waals surface area (Å²) in [5.41, 5.74) is 1.53. The van der Waals surface area contributed by atoms with Crippen LogP contribution in [0.2, 0.25) is 0 Å². The molecule has 0 saturated heterocycles. The lowest BCUT2D eigenvalue weighted by atomic mass is 9.80. The maximum Gasteiger partial charge on any atom is -0.0162 e. The van der Waals surface area contributed by atoms with Gasteiger partial charge < -0.3 is 0 Å². The smallest absolute Gasteiger partial charge is 0.0162 e. The third-order valence-corrected chi connectivity index (χ3v) is 2.90. The monoisotopic (exact) mass is 164 g/mol. The number of benzene rings is 1. The van der Waals surface area contributed by atoms with Crippen molar-refractivity contribution in [3.63, 3.8) is 0 Å². The molecule has 0 nitrogen and oxygen atoms in total. The van der Waals surface area contributed by atoms with E-state index < -0.39 is 0 Å². The molecule has 0 radical (unpaired) electrons. The molecule has 0 heterocycles. The maximum atomic E-state index is 2.72. The standard InChI is InChI=1S/C10H13P/c11-10-6-4-9(5-7-10)8-2-1-3-8/h4-8H,1-3,11H2. The molecule has 0 aliphatic heterocycles. The lowest BCUT2D eigenvalue weighted by Gasteiger charge is -2.25. The average molecular weight is 164 g/mol. The number of hydrogen-bond donors (Lipinski definition) is 0. The predicted octanol–water partition coefficient (Wildman–Crippen LogP) is 2.45.